The van der Waals surface area contributed by atoms with Crippen LogP contribution in [0.1, 0.15) is 71.1 Å². The largest absolute Gasteiger partial charge is 0.496 e. The van der Waals surface area contributed by atoms with Crippen LogP contribution in [-0.2, 0) is 0 Å². The third-order valence-corrected chi connectivity index (χ3v) is 4.28. The van der Waals surface area contributed by atoms with Crippen molar-refractivity contribution in [3.05, 3.63) is 0 Å². The van der Waals surface area contributed by atoms with Crippen LogP contribution in [0.4, 0.5) is 4.79 Å². The molecule has 0 aliphatic heterocycles. The van der Waals surface area contributed by atoms with E-state index in [1.807, 2.05) is 0 Å². The maximum Gasteiger partial charge on any atom is 0.411 e. The summed E-state index contributed by atoms with van der Waals surface area (Å²) in [7, 11) is 0. The van der Waals surface area contributed by atoms with Crippen LogP contribution in [0.2, 0.25) is 5.28 Å². The van der Waals surface area contributed by atoms with Crippen LogP contribution in [0.25, 0.3) is 0 Å². The van der Waals surface area contributed by atoms with Crippen molar-refractivity contribution in [1.82, 2.24) is 0 Å². The average Bonchev–Trinajstić information content (AvgIpc) is 2.25. The zero-order valence-electron chi connectivity index (χ0n) is 10.8. The van der Waals surface area contributed by atoms with E-state index in [2.05, 4.69) is 6.92 Å². The first-order valence-corrected chi connectivity index (χ1v) is 8.70. The lowest BCUT2D eigenvalue weighted by Crippen LogP contribution is -2.03. The van der Waals surface area contributed by atoms with Gasteiger partial charge in [-0.1, -0.05) is 76.4 Å². The Balaban J connectivity index is 2.90. The summed E-state index contributed by atoms with van der Waals surface area (Å²) in [4.78, 5) is 9.80. The molecule has 0 unspecified atom stereocenters. The minimum atomic E-state index is -0.791. The Morgan fingerprint density at radius 1 is 0.875 bits per heavy atom. The second kappa shape index (κ2) is 13.1. The van der Waals surface area contributed by atoms with Gasteiger partial charge in [-0.05, 0) is 0 Å². The lowest BCUT2D eigenvalue weighted by atomic mass is 10.1. The molecule has 0 rings (SSSR count). The van der Waals surface area contributed by atoms with Gasteiger partial charge in [0.2, 0.25) is 0 Å². The molecule has 0 spiro atoms. The highest BCUT2D eigenvalue weighted by atomic mass is 27.1. The first-order valence-electron chi connectivity index (χ1n) is 6.99. The maximum absolute atomic E-state index is 10.3. The van der Waals surface area contributed by atoms with Crippen LogP contribution in [0.15, 0.2) is 0 Å². The van der Waals surface area contributed by atoms with E-state index < -0.39 is 20.1 Å². The molecule has 3 heteroatoms. The zero-order chi connectivity index (χ0) is 12.1. The summed E-state index contributed by atoms with van der Waals surface area (Å²) >= 11 is -0.791. The van der Waals surface area contributed by atoms with Crippen molar-refractivity contribution in [2.24, 2.45) is 0 Å². The SMILES string of the molecule is CCCCCCCCCCC[CH2][AlH][C](=O)O. The van der Waals surface area contributed by atoms with Gasteiger partial charge in [-0.3, -0.25) is 4.79 Å². The van der Waals surface area contributed by atoms with Crippen LogP contribution < -0.4 is 0 Å². The maximum atomic E-state index is 10.3. The summed E-state index contributed by atoms with van der Waals surface area (Å²) in [5.74, 6) is 0. The fraction of sp³-hybridized carbons (Fsp3) is 0.923. The topological polar surface area (TPSA) is 37.3 Å². The molecular weight excluding hydrogens is 215 g/mol. The van der Waals surface area contributed by atoms with Crippen molar-refractivity contribution in [2.45, 2.75) is 76.4 Å². The van der Waals surface area contributed by atoms with E-state index in [0.717, 1.165) is 11.7 Å². The van der Waals surface area contributed by atoms with Crippen molar-refractivity contribution in [3.63, 3.8) is 0 Å². The molecule has 0 radical (unpaired) electrons. The molecule has 2 nitrogen and oxygen atoms in total. The van der Waals surface area contributed by atoms with Crippen molar-refractivity contribution in [2.75, 3.05) is 0 Å². The summed E-state index contributed by atoms with van der Waals surface area (Å²) < 4.78 is 0. The lowest BCUT2D eigenvalue weighted by Gasteiger charge is -2.01. The molecule has 0 fully saturated rings. The number of hydrogen-bond donors (Lipinski definition) is 1. The smallest absolute Gasteiger partial charge is 0.411 e. The van der Waals surface area contributed by atoms with Crippen molar-refractivity contribution < 1.29 is 9.90 Å². The molecule has 0 aliphatic rings. The van der Waals surface area contributed by atoms with Gasteiger partial charge in [-0.2, -0.15) is 0 Å². The van der Waals surface area contributed by atoms with Crippen molar-refractivity contribution >= 4 is 20.1 Å². The van der Waals surface area contributed by atoms with E-state index in [1.165, 1.54) is 57.8 Å². The van der Waals surface area contributed by atoms with Gasteiger partial charge < -0.3 is 5.11 Å². The molecule has 0 saturated heterocycles. The van der Waals surface area contributed by atoms with Gasteiger partial charge in [0.1, 0.15) is 0 Å². The van der Waals surface area contributed by atoms with E-state index >= 15 is 0 Å². The highest BCUT2D eigenvalue weighted by Crippen LogP contribution is 2.11. The minimum Gasteiger partial charge on any atom is -0.496 e. The van der Waals surface area contributed by atoms with Gasteiger partial charge in [0.15, 0.2) is 4.83 Å². The Kier molecular flexibility index (Phi) is 13.1. The molecule has 0 amide bonds. The number of rotatable bonds is 12. The summed E-state index contributed by atoms with van der Waals surface area (Å²) in [6, 6.07) is 0. The summed E-state index contributed by atoms with van der Waals surface area (Å²) in [6.07, 6.45) is 13.3. The molecule has 1 N–H and O–H groups in total. The number of carbonyl (C=O) groups is 1. The van der Waals surface area contributed by atoms with Gasteiger partial charge in [0.25, 0.3) is 0 Å². The first-order chi connectivity index (χ1) is 7.77. The Labute approximate surface area is 107 Å². The number of unbranched alkanes of at least 4 members (excludes halogenated alkanes) is 9. The molecule has 0 atom stereocenters. The standard InChI is InChI=1S/C12H25.CHO2.Al.H/c1-3-5-7-9-11-12-10-8-6-4-2;2-1-3;;/h1,3-12H2,2H3;(H,2,3);;. The second-order valence-electron chi connectivity index (χ2n) is 4.68. The second-order valence-corrected chi connectivity index (χ2v) is 6.49. The minimum absolute atomic E-state index is 0.518. The third kappa shape index (κ3) is 14.0. The molecule has 94 valence electrons. The average molecular weight is 242 g/mol. The molecule has 0 heterocycles. The quantitative estimate of drug-likeness (QED) is 0.406. The lowest BCUT2D eigenvalue weighted by molar-refractivity contribution is 0.219. The molecular formula is C13H27AlO2. The summed E-state index contributed by atoms with van der Waals surface area (Å²) in [6.45, 7) is 2.25. The van der Waals surface area contributed by atoms with E-state index in [9.17, 15) is 4.79 Å². The van der Waals surface area contributed by atoms with Gasteiger partial charge in [-0.15, -0.1) is 0 Å². The van der Waals surface area contributed by atoms with Gasteiger partial charge >= 0.3 is 15.2 Å². The van der Waals surface area contributed by atoms with Crippen LogP contribution in [-0.4, -0.2) is 25.2 Å². The number of hydrogen-bond acceptors (Lipinski definition) is 1. The highest BCUT2D eigenvalue weighted by Gasteiger charge is 2.01. The third-order valence-electron chi connectivity index (χ3n) is 2.99. The summed E-state index contributed by atoms with van der Waals surface area (Å²) in [5.41, 5.74) is 0. The van der Waals surface area contributed by atoms with Gasteiger partial charge in [-0.25, -0.2) is 0 Å². The van der Waals surface area contributed by atoms with E-state index in [-0.39, 0.29) is 0 Å². The van der Waals surface area contributed by atoms with E-state index in [4.69, 9.17) is 5.11 Å². The predicted octanol–water partition coefficient (Wildman–Crippen LogP) is 4.44. The number of carboxylic acid groups (broad SMARTS) is 1. The van der Waals surface area contributed by atoms with Gasteiger partial charge in [0.05, 0.1) is 0 Å². The zero-order valence-corrected chi connectivity index (χ0v) is 12.3. The molecule has 0 saturated carbocycles. The fourth-order valence-electron chi connectivity index (χ4n) is 1.94. The molecule has 0 aromatic heterocycles. The predicted molar refractivity (Wildman–Crippen MR) is 71.8 cm³/mol. The normalized spacial score (nSPS) is 10.3. The monoisotopic (exact) mass is 242 g/mol. The molecule has 0 bridgehead atoms. The molecule has 0 aromatic rings. The fourth-order valence-corrected chi connectivity index (χ4v) is 2.85. The van der Waals surface area contributed by atoms with Gasteiger partial charge in [0, 0.05) is 0 Å². The Morgan fingerprint density at radius 3 is 1.75 bits per heavy atom. The Morgan fingerprint density at radius 2 is 1.31 bits per heavy atom. The molecule has 0 aromatic carbocycles. The van der Waals surface area contributed by atoms with Crippen molar-refractivity contribution in [1.29, 1.82) is 0 Å². The van der Waals surface area contributed by atoms with Crippen LogP contribution in [0.5, 0.6) is 0 Å². The van der Waals surface area contributed by atoms with Crippen LogP contribution in [0, 0.1) is 0 Å². The van der Waals surface area contributed by atoms with E-state index in [0.29, 0.717) is 0 Å². The highest BCUT2D eigenvalue weighted by molar-refractivity contribution is 6.71. The molecule has 0 aliphatic carbocycles. The Bertz CT molecular complexity index is 160. The Hall–Kier alpha value is 0.00247. The first kappa shape index (κ1) is 16.0. The van der Waals surface area contributed by atoms with Crippen LogP contribution in [0.3, 0.4) is 0 Å². The van der Waals surface area contributed by atoms with E-state index in [1.54, 1.807) is 0 Å². The van der Waals surface area contributed by atoms with Crippen molar-refractivity contribution in [3.8, 4) is 0 Å². The summed E-state index contributed by atoms with van der Waals surface area (Å²) in [5, 5.41) is 9.51. The van der Waals surface area contributed by atoms with Crippen LogP contribution >= 0.6 is 0 Å². The molecule has 16 heavy (non-hydrogen) atoms.